The summed E-state index contributed by atoms with van der Waals surface area (Å²) in [6.07, 6.45) is 8.56. The number of nitrogens with zero attached hydrogens (tertiary/aromatic N) is 1. The first-order valence-corrected chi connectivity index (χ1v) is 9.94. The number of halogens is 2. The molecule has 25 heavy (non-hydrogen) atoms. The highest BCUT2D eigenvalue weighted by Gasteiger charge is 2.36. The summed E-state index contributed by atoms with van der Waals surface area (Å²) in [5, 5.41) is 14.7. The molecule has 2 amide bonds. The zero-order valence-corrected chi connectivity index (χ0v) is 16.0. The SMILES string of the molecule is O=C(Nc1cc(Cl)cc(Cl)c1)N1CCC(O)(CC2CCCCC2)CC1. The third kappa shape index (κ3) is 5.25. The lowest BCUT2D eigenvalue weighted by atomic mass is 9.77. The van der Waals surface area contributed by atoms with Crippen LogP contribution in [0.15, 0.2) is 18.2 Å². The number of anilines is 1. The van der Waals surface area contributed by atoms with Crippen molar-refractivity contribution in [1.82, 2.24) is 4.90 Å². The number of rotatable bonds is 3. The highest BCUT2D eigenvalue weighted by atomic mass is 35.5. The van der Waals surface area contributed by atoms with Crippen molar-refractivity contribution in [1.29, 1.82) is 0 Å². The van der Waals surface area contributed by atoms with Crippen molar-refractivity contribution in [2.45, 2.75) is 57.0 Å². The standard InChI is InChI=1S/C19H26Cl2N2O2/c20-15-10-16(21)12-17(11-15)22-18(24)23-8-6-19(25,7-9-23)13-14-4-2-1-3-5-14/h10-12,14,25H,1-9,13H2,(H,22,24). The van der Waals surface area contributed by atoms with E-state index in [1.165, 1.54) is 32.1 Å². The Kier molecular flexibility index (Phi) is 6.13. The summed E-state index contributed by atoms with van der Waals surface area (Å²) in [5.41, 5.74) is -0.0245. The lowest BCUT2D eigenvalue weighted by Crippen LogP contribution is -2.48. The van der Waals surface area contributed by atoms with Gasteiger partial charge in [0.25, 0.3) is 0 Å². The number of piperidine rings is 1. The molecule has 0 bridgehead atoms. The molecule has 3 rings (SSSR count). The van der Waals surface area contributed by atoms with Crippen LogP contribution < -0.4 is 5.32 Å². The first-order chi connectivity index (χ1) is 11.9. The van der Waals surface area contributed by atoms with Gasteiger partial charge in [0.1, 0.15) is 0 Å². The Morgan fingerprint density at radius 2 is 1.72 bits per heavy atom. The van der Waals surface area contributed by atoms with Crippen molar-refractivity contribution >= 4 is 34.9 Å². The average Bonchev–Trinajstić information content (AvgIpc) is 2.55. The van der Waals surface area contributed by atoms with Crippen LogP contribution >= 0.6 is 23.2 Å². The molecular formula is C19H26Cl2N2O2. The van der Waals surface area contributed by atoms with Crippen molar-refractivity contribution in [2.24, 2.45) is 5.92 Å². The van der Waals surface area contributed by atoms with E-state index in [1.807, 2.05) is 0 Å². The van der Waals surface area contributed by atoms with E-state index in [-0.39, 0.29) is 6.03 Å². The molecule has 2 fully saturated rings. The average molecular weight is 385 g/mol. The number of carbonyl (C=O) groups excluding carboxylic acids is 1. The summed E-state index contributed by atoms with van der Waals surface area (Å²) >= 11 is 11.9. The fourth-order valence-electron chi connectivity index (χ4n) is 4.09. The van der Waals surface area contributed by atoms with Crippen LogP contribution in [0.4, 0.5) is 10.5 Å². The quantitative estimate of drug-likeness (QED) is 0.740. The maximum Gasteiger partial charge on any atom is 0.321 e. The molecule has 2 N–H and O–H groups in total. The van der Waals surface area contributed by atoms with Gasteiger partial charge in [-0.3, -0.25) is 0 Å². The van der Waals surface area contributed by atoms with Gasteiger partial charge in [0, 0.05) is 28.8 Å². The van der Waals surface area contributed by atoms with Crippen LogP contribution in [0.25, 0.3) is 0 Å². The summed E-state index contributed by atoms with van der Waals surface area (Å²) in [7, 11) is 0. The Balaban J connectivity index is 1.51. The van der Waals surface area contributed by atoms with Crippen molar-refractivity contribution in [3.05, 3.63) is 28.2 Å². The first kappa shape index (κ1) is 18.8. The molecule has 1 aromatic carbocycles. The summed E-state index contributed by atoms with van der Waals surface area (Å²) in [4.78, 5) is 14.2. The molecule has 0 spiro atoms. The molecule has 0 radical (unpaired) electrons. The third-order valence-electron chi connectivity index (χ3n) is 5.49. The number of hydrogen-bond donors (Lipinski definition) is 2. The number of hydrogen-bond acceptors (Lipinski definition) is 2. The number of aliphatic hydroxyl groups is 1. The largest absolute Gasteiger partial charge is 0.390 e. The molecule has 4 nitrogen and oxygen atoms in total. The number of carbonyl (C=O) groups is 1. The number of nitrogens with one attached hydrogen (secondary N) is 1. The smallest absolute Gasteiger partial charge is 0.321 e. The van der Waals surface area contributed by atoms with E-state index in [2.05, 4.69) is 5.32 Å². The number of likely N-dealkylation sites (tertiary alicyclic amines) is 1. The van der Waals surface area contributed by atoms with Crippen LogP contribution in [0.2, 0.25) is 10.0 Å². The second-order valence-corrected chi connectivity index (χ2v) is 8.38. The van der Waals surface area contributed by atoms with E-state index in [0.717, 1.165) is 6.42 Å². The minimum absolute atomic E-state index is 0.168. The van der Waals surface area contributed by atoms with Gasteiger partial charge in [-0.1, -0.05) is 55.3 Å². The second kappa shape index (κ2) is 8.15. The third-order valence-corrected chi connectivity index (χ3v) is 5.93. The van der Waals surface area contributed by atoms with Crippen LogP contribution in [-0.4, -0.2) is 34.7 Å². The maximum atomic E-state index is 12.4. The molecule has 0 aromatic heterocycles. The number of amides is 2. The Labute approximate surface area is 159 Å². The minimum Gasteiger partial charge on any atom is -0.390 e. The Morgan fingerprint density at radius 1 is 1.12 bits per heavy atom. The van der Waals surface area contributed by atoms with Gasteiger partial charge in [0.15, 0.2) is 0 Å². The predicted molar refractivity (Wildman–Crippen MR) is 102 cm³/mol. The van der Waals surface area contributed by atoms with Crippen molar-refractivity contribution in [2.75, 3.05) is 18.4 Å². The molecule has 1 aliphatic carbocycles. The molecule has 0 unspecified atom stereocenters. The highest BCUT2D eigenvalue weighted by molar-refractivity contribution is 6.35. The van der Waals surface area contributed by atoms with Gasteiger partial charge >= 0.3 is 6.03 Å². The summed E-state index contributed by atoms with van der Waals surface area (Å²) in [6.45, 7) is 1.15. The van der Waals surface area contributed by atoms with Crippen LogP contribution in [0.3, 0.4) is 0 Å². The van der Waals surface area contributed by atoms with Gasteiger partial charge in [-0.15, -0.1) is 0 Å². The molecule has 1 aromatic rings. The van der Waals surface area contributed by atoms with E-state index in [4.69, 9.17) is 23.2 Å². The molecule has 1 saturated heterocycles. The van der Waals surface area contributed by atoms with Gasteiger partial charge in [-0.2, -0.15) is 0 Å². The second-order valence-electron chi connectivity index (χ2n) is 7.51. The predicted octanol–water partition coefficient (Wildman–Crippen LogP) is 5.32. The normalized spacial score (nSPS) is 21.2. The molecule has 0 atom stereocenters. The van der Waals surface area contributed by atoms with E-state index in [1.54, 1.807) is 23.1 Å². The first-order valence-electron chi connectivity index (χ1n) is 9.18. The van der Waals surface area contributed by atoms with Crippen LogP contribution in [-0.2, 0) is 0 Å². The topological polar surface area (TPSA) is 52.6 Å². The molecule has 2 aliphatic rings. The van der Waals surface area contributed by atoms with Crippen LogP contribution in [0.5, 0.6) is 0 Å². The Hall–Kier alpha value is -0.970. The number of urea groups is 1. The molecular weight excluding hydrogens is 359 g/mol. The fraction of sp³-hybridized carbons (Fsp3) is 0.632. The van der Waals surface area contributed by atoms with Gasteiger partial charge in [0.2, 0.25) is 0 Å². The summed E-state index contributed by atoms with van der Waals surface area (Å²) < 4.78 is 0. The minimum atomic E-state index is -0.613. The number of benzene rings is 1. The van der Waals surface area contributed by atoms with Gasteiger partial charge in [0.05, 0.1) is 5.60 Å². The Morgan fingerprint density at radius 3 is 2.32 bits per heavy atom. The molecule has 1 saturated carbocycles. The van der Waals surface area contributed by atoms with Crippen LogP contribution in [0, 0.1) is 5.92 Å². The monoisotopic (exact) mass is 384 g/mol. The van der Waals surface area contributed by atoms with E-state index < -0.39 is 5.60 Å². The fourth-order valence-corrected chi connectivity index (χ4v) is 4.61. The van der Waals surface area contributed by atoms with Gasteiger partial charge < -0.3 is 15.3 Å². The lowest BCUT2D eigenvalue weighted by molar-refractivity contribution is -0.0337. The molecule has 1 aliphatic heterocycles. The van der Waals surface area contributed by atoms with E-state index in [9.17, 15) is 9.90 Å². The van der Waals surface area contributed by atoms with E-state index in [0.29, 0.717) is 47.6 Å². The molecule has 1 heterocycles. The van der Waals surface area contributed by atoms with Gasteiger partial charge in [-0.05, 0) is 43.4 Å². The van der Waals surface area contributed by atoms with Gasteiger partial charge in [-0.25, -0.2) is 4.79 Å². The lowest BCUT2D eigenvalue weighted by Gasteiger charge is -2.40. The Bertz CT molecular complexity index is 589. The summed E-state index contributed by atoms with van der Waals surface area (Å²) in [5.74, 6) is 0.646. The summed E-state index contributed by atoms with van der Waals surface area (Å²) in [6, 6.07) is 4.81. The van der Waals surface area contributed by atoms with Crippen LogP contribution in [0.1, 0.15) is 51.4 Å². The van der Waals surface area contributed by atoms with Crippen molar-refractivity contribution < 1.29 is 9.90 Å². The van der Waals surface area contributed by atoms with Crippen molar-refractivity contribution in [3.63, 3.8) is 0 Å². The highest BCUT2D eigenvalue weighted by Crippen LogP contribution is 2.35. The molecule has 138 valence electrons. The van der Waals surface area contributed by atoms with E-state index >= 15 is 0 Å². The van der Waals surface area contributed by atoms with Crippen molar-refractivity contribution in [3.8, 4) is 0 Å². The zero-order valence-electron chi connectivity index (χ0n) is 14.4. The maximum absolute atomic E-state index is 12.4. The molecule has 6 heteroatoms. The zero-order chi connectivity index (χ0) is 17.9.